The summed E-state index contributed by atoms with van der Waals surface area (Å²) in [5, 5.41) is 0. The lowest BCUT2D eigenvalue weighted by atomic mass is 9.77. The Morgan fingerprint density at radius 1 is 0.750 bits per heavy atom. The minimum atomic E-state index is -0.899. The molecule has 2 aromatic rings. The summed E-state index contributed by atoms with van der Waals surface area (Å²) in [6.45, 7) is 4.59. The molecule has 0 amide bonds. The highest BCUT2D eigenvalue weighted by atomic mass is 19.2. The predicted molar refractivity (Wildman–Crippen MR) is 130 cm³/mol. The molecule has 176 valence electrons. The van der Waals surface area contributed by atoms with Crippen molar-refractivity contribution in [3.8, 4) is 16.9 Å². The second-order valence-electron chi connectivity index (χ2n) is 9.48. The van der Waals surface area contributed by atoms with E-state index in [0.717, 1.165) is 12.3 Å². The van der Waals surface area contributed by atoms with Crippen LogP contribution in [0.15, 0.2) is 36.4 Å². The van der Waals surface area contributed by atoms with Gasteiger partial charge in [-0.05, 0) is 67.2 Å². The summed E-state index contributed by atoms with van der Waals surface area (Å²) in [6.07, 6.45) is 15.5. The third-order valence-electron chi connectivity index (χ3n) is 7.01. The van der Waals surface area contributed by atoms with E-state index in [1.807, 2.05) is 19.1 Å². The third-order valence-corrected chi connectivity index (χ3v) is 7.01. The van der Waals surface area contributed by atoms with Crippen LogP contribution in [0, 0.1) is 17.6 Å². The van der Waals surface area contributed by atoms with Crippen molar-refractivity contribution in [1.82, 2.24) is 0 Å². The Hall–Kier alpha value is -1.90. The van der Waals surface area contributed by atoms with Gasteiger partial charge in [-0.25, -0.2) is 4.39 Å². The highest BCUT2D eigenvalue weighted by Gasteiger charge is 2.22. The van der Waals surface area contributed by atoms with Crippen molar-refractivity contribution < 1.29 is 13.5 Å². The first-order valence-corrected chi connectivity index (χ1v) is 12.8. The summed E-state index contributed by atoms with van der Waals surface area (Å²) in [7, 11) is 0. The number of halogens is 2. The van der Waals surface area contributed by atoms with E-state index < -0.39 is 11.6 Å². The maximum Gasteiger partial charge on any atom is 0.201 e. The fourth-order valence-electron chi connectivity index (χ4n) is 5.01. The van der Waals surface area contributed by atoms with Crippen molar-refractivity contribution in [2.75, 3.05) is 6.61 Å². The van der Waals surface area contributed by atoms with E-state index in [1.54, 1.807) is 6.07 Å². The molecule has 0 atom stereocenters. The second kappa shape index (κ2) is 13.0. The number of hydrogen-bond donors (Lipinski definition) is 0. The highest BCUT2D eigenvalue weighted by Crippen LogP contribution is 2.39. The Morgan fingerprint density at radius 3 is 2.12 bits per heavy atom. The average molecular weight is 443 g/mol. The van der Waals surface area contributed by atoms with Crippen LogP contribution in [0.4, 0.5) is 8.78 Å². The molecule has 1 fully saturated rings. The van der Waals surface area contributed by atoms with Gasteiger partial charge in [0, 0.05) is 5.56 Å². The zero-order valence-electron chi connectivity index (χ0n) is 20.0. The number of benzene rings is 2. The van der Waals surface area contributed by atoms with E-state index in [4.69, 9.17) is 4.74 Å². The standard InChI is InChI=1S/C29H40F2O/c1-3-5-6-7-8-9-10-22-11-13-23(14-12-22)24-15-17-25(18-16-24)26-19-20-27(32-21-4-2)29(31)28(26)30/h15-20,22-23H,3-14,21H2,1-2H3. The molecule has 3 heteroatoms. The zero-order chi connectivity index (χ0) is 22.8. The molecule has 0 unspecified atom stereocenters. The first kappa shape index (κ1) is 24.7. The summed E-state index contributed by atoms with van der Waals surface area (Å²) in [6, 6.07) is 11.2. The maximum absolute atomic E-state index is 14.6. The molecule has 0 spiro atoms. The Kier molecular flexibility index (Phi) is 10.0. The van der Waals surface area contributed by atoms with E-state index >= 15 is 0 Å². The van der Waals surface area contributed by atoms with Crippen LogP contribution in [0.25, 0.3) is 11.1 Å². The van der Waals surface area contributed by atoms with Gasteiger partial charge in [0.05, 0.1) is 6.61 Å². The minimum absolute atomic E-state index is 0.0116. The van der Waals surface area contributed by atoms with Crippen LogP contribution in [0.5, 0.6) is 5.75 Å². The Labute approximate surface area is 193 Å². The van der Waals surface area contributed by atoms with Gasteiger partial charge < -0.3 is 4.74 Å². The average Bonchev–Trinajstić information content (AvgIpc) is 2.83. The number of hydrogen-bond acceptors (Lipinski definition) is 1. The van der Waals surface area contributed by atoms with Crippen molar-refractivity contribution in [1.29, 1.82) is 0 Å². The molecular weight excluding hydrogens is 402 g/mol. The first-order chi connectivity index (χ1) is 15.6. The van der Waals surface area contributed by atoms with E-state index in [2.05, 4.69) is 19.1 Å². The molecule has 3 rings (SSSR count). The van der Waals surface area contributed by atoms with Crippen molar-refractivity contribution in [3.05, 3.63) is 53.6 Å². The smallest absolute Gasteiger partial charge is 0.201 e. The van der Waals surface area contributed by atoms with E-state index in [1.165, 1.54) is 82.3 Å². The van der Waals surface area contributed by atoms with Crippen LogP contribution < -0.4 is 4.74 Å². The van der Waals surface area contributed by atoms with Gasteiger partial charge in [0.25, 0.3) is 0 Å². The van der Waals surface area contributed by atoms with E-state index in [0.29, 0.717) is 23.7 Å². The quantitative estimate of drug-likeness (QED) is 0.297. The fraction of sp³-hybridized carbons (Fsp3) is 0.586. The van der Waals surface area contributed by atoms with Crippen LogP contribution in [-0.4, -0.2) is 6.61 Å². The molecule has 0 N–H and O–H groups in total. The molecule has 2 aromatic carbocycles. The van der Waals surface area contributed by atoms with Gasteiger partial charge in [0.1, 0.15) is 0 Å². The van der Waals surface area contributed by atoms with Gasteiger partial charge in [-0.15, -0.1) is 0 Å². The third kappa shape index (κ3) is 6.80. The van der Waals surface area contributed by atoms with Crippen LogP contribution in [0.3, 0.4) is 0 Å². The monoisotopic (exact) mass is 442 g/mol. The van der Waals surface area contributed by atoms with Crippen LogP contribution in [-0.2, 0) is 0 Å². The molecule has 1 nitrogen and oxygen atoms in total. The van der Waals surface area contributed by atoms with Crippen LogP contribution >= 0.6 is 0 Å². The van der Waals surface area contributed by atoms with Crippen molar-refractivity contribution >= 4 is 0 Å². The van der Waals surface area contributed by atoms with E-state index in [9.17, 15) is 8.78 Å². The molecule has 32 heavy (non-hydrogen) atoms. The molecule has 0 bridgehead atoms. The van der Waals surface area contributed by atoms with Gasteiger partial charge in [-0.2, -0.15) is 4.39 Å². The van der Waals surface area contributed by atoms with Gasteiger partial charge in [0.15, 0.2) is 11.6 Å². The molecule has 0 saturated heterocycles. The Balaban J connectivity index is 1.51. The lowest BCUT2D eigenvalue weighted by Crippen LogP contribution is -2.13. The molecule has 1 saturated carbocycles. The summed E-state index contributed by atoms with van der Waals surface area (Å²) in [5.74, 6) is -0.258. The van der Waals surface area contributed by atoms with Gasteiger partial charge in [-0.3, -0.25) is 0 Å². The lowest BCUT2D eigenvalue weighted by Gasteiger charge is -2.29. The molecule has 1 aliphatic rings. The summed E-state index contributed by atoms with van der Waals surface area (Å²) >= 11 is 0. The van der Waals surface area contributed by atoms with Crippen LogP contribution in [0.1, 0.15) is 102 Å². The van der Waals surface area contributed by atoms with Crippen molar-refractivity contribution in [2.45, 2.75) is 96.8 Å². The number of ether oxygens (including phenoxy) is 1. The summed E-state index contributed by atoms with van der Waals surface area (Å²) < 4.78 is 34.2. The minimum Gasteiger partial charge on any atom is -0.490 e. The summed E-state index contributed by atoms with van der Waals surface area (Å²) in [4.78, 5) is 0. The summed E-state index contributed by atoms with van der Waals surface area (Å²) in [5.41, 5.74) is 2.33. The van der Waals surface area contributed by atoms with E-state index in [-0.39, 0.29) is 5.75 Å². The Bertz CT molecular complexity index is 807. The second-order valence-corrected chi connectivity index (χ2v) is 9.48. The number of unbranched alkanes of at least 4 members (excludes halogenated alkanes) is 5. The highest BCUT2D eigenvalue weighted by molar-refractivity contribution is 5.65. The Morgan fingerprint density at radius 2 is 1.44 bits per heavy atom. The number of rotatable bonds is 12. The zero-order valence-corrected chi connectivity index (χ0v) is 20.0. The van der Waals surface area contributed by atoms with Gasteiger partial charge >= 0.3 is 0 Å². The lowest BCUT2D eigenvalue weighted by molar-refractivity contribution is 0.295. The maximum atomic E-state index is 14.6. The topological polar surface area (TPSA) is 9.23 Å². The molecule has 0 aromatic heterocycles. The predicted octanol–water partition coefficient (Wildman–Crippen LogP) is 9.44. The van der Waals surface area contributed by atoms with Gasteiger partial charge in [0.2, 0.25) is 5.82 Å². The van der Waals surface area contributed by atoms with Crippen molar-refractivity contribution in [2.24, 2.45) is 5.92 Å². The molecule has 0 aliphatic heterocycles. The molecular formula is C29H40F2O. The normalized spacial score (nSPS) is 18.6. The largest absolute Gasteiger partial charge is 0.490 e. The van der Waals surface area contributed by atoms with Gasteiger partial charge in [-0.1, -0.05) is 83.1 Å². The first-order valence-electron chi connectivity index (χ1n) is 12.8. The molecule has 0 radical (unpaired) electrons. The fourth-order valence-corrected chi connectivity index (χ4v) is 5.01. The van der Waals surface area contributed by atoms with Crippen LogP contribution in [0.2, 0.25) is 0 Å². The molecule has 0 heterocycles. The van der Waals surface area contributed by atoms with Crippen molar-refractivity contribution in [3.63, 3.8) is 0 Å². The SMILES string of the molecule is CCCCCCCCC1CCC(c2ccc(-c3ccc(OCCC)c(F)c3F)cc2)CC1. The molecule has 1 aliphatic carbocycles.